The number of ketones is 1. The van der Waals surface area contributed by atoms with Crippen LogP contribution in [0.25, 0.3) is 0 Å². The molecule has 2 N–H and O–H groups in total. The van der Waals surface area contributed by atoms with Crippen molar-refractivity contribution >= 4 is 12.1 Å². The van der Waals surface area contributed by atoms with Crippen molar-refractivity contribution in [1.29, 1.82) is 0 Å². The van der Waals surface area contributed by atoms with Gasteiger partial charge in [0.05, 0.1) is 12.2 Å². The third-order valence-corrected chi connectivity index (χ3v) is 6.53. The normalized spacial score (nSPS) is 21.9. The van der Waals surface area contributed by atoms with E-state index in [0.29, 0.717) is 12.0 Å². The van der Waals surface area contributed by atoms with Crippen molar-refractivity contribution in [2.75, 3.05) is 0 Å². The Kier molecular flexibility index (Phi) is 8.56. The van der Waals surface area contributed by atoms with Crippen LogP contribution in [0.5, 0.6) is 0 Å². The van der Waals surface area contributed by atoms with E-state index in [1.54, 1.807) is 6.07 Å². The summed E-state index contributed by atoms with van der Waals surface area (Å²) < 4.78 is 0. The fourth-order valence-corrected chi connectivity index (χ4v) is 4.79. The van der Waals surface area contributed by atoms with Crippen LogP contribution in [0.4, 0.5) is 0 Å². The zero-order valence-electron chi connectivity index (χ0n) is 18.4. The summed E-state index contributed by atoms with van der Waals surface area (Å²) in [6, 6.07) is 15.3. The molecule has 1 saturated carbocycles. The van der Waals surface area contributed by atoms with Crippen LogP contribution in [-0.4, -0.2) is 28.4 Å². The van der Waals surface area contributed by atoms with Gasteiger partial charge in [-0.25, -0.2) is 0 Å². The Morgan fingerprint density at radius 3 is 2.58 bits per heavy atom. The summed E-state index contributed by atoms with van der Waals surface area (Å²) in [4.78, 5) is 23.6. The Morgan fingerprint density at radius 2 is 1.87 bits per heavy atom. The van der Waals surface area contributed by atoms with Crippen LogP contribution in [0.3, 0.4) is 0 Å². The van der Waals surface area contributed by atoms with Gasteiger partial charge in [-0.3, -0.25) is 9.59 Å². The first-order chi connectivity index (χ1) is 15.0. The highest BCUT2D eigenvalue weighted by Crippen LogP contribution is 2.40. The molecule has 0 radical (unpaired) electrons. The molecule has 0 bridgehead atoms. The summed E-state index contributed by atoms with van der Waals surface area (Å²) in [6.45, 7) is 2.15. The van der Waals surface area contributed by atoms with Crippen molar-refractivity contribution < 1.29 is 19.8 Å². The summed E-state index contributed by atoms with van der Waals surface area (Å²) >= 11 is 0. The lowest BCUT2D eigenvalue weighted by atomic mass is 9.83. The molecule has 0 aliphatic heterocycles. The third kappa shape index (κ3) is 6.11. The topological polar surface area (TPSA) is 74.6 Å². The average Bonchev–Trinajstić information content (AvgIpc) is 3.07. The zero-order valence-corrected chi connectivity index (χ0v) is 18.4. The number of unbranched alkanes of at least 4 members (excludes halogenated alkanes) is 2. The summed E-state index contributed by atoms with van der Waals surface area (Å²) in [5.41, 5.74) is 3.62. The molecule has 0 amide bonds. The highest BCUT2D eigenvalue weighted by atomic mass is 16.3. The minimum atomic E-state index is -0.656. The Morgan fingerprint density at radius 1 is 1.10 bits per heavy atom. The van der Waals surface area contributed by atoms with Crippen LogP contribution in [0.15, 0.2) is 48.5 Å². The Hall–Kier alpha value is -2.30. The summed E-state index contributed by atoms with van der Waals surface area (Å²) in [5.74, 6) is -0.257. The highest BCUT2D eigenvalue weighted by Gasteiger charge is 2.41. The molecule has 4 nitrogen and oxygen atoms in total. The molecule has 0 saturated heterocycles. The summed E-state index contributed by atoms with van der Waals surface area (Å²) in [7, 11) is 0. The molecule has 2 aromatic rings. The van der Waals surface area contributed by atoms with Crippen LogP contribution < -0.4 is 0 Å². The van der Waals surface area contributed by atoms with Crippen LogP contribution >= 0.6 is 0 Å². The third-order valence-electron chi connectivity index (χ3n) is 6.53. The maximum atomic E-state index is 12.6. The lowest BCUT2D eigenvalue weighted by molar-refractivity contribution is -0.121. The zero-order chi connectivity index (χ0) is 22.2. The first kappa shape index (κ1) is 23.4. The number of rotatable bonds is 11. The van der Waals surface area contributed by atoms with Crippen molar-refractivity contribution in [2.24, 2.45) is 5.92 Å². The first-order valence-electron chi connectivity index (χ1n) is 11.6. The lowest BCUT2D eigenvalue weighted by Gasteiger charge is -2.22. The van der Waals surface area contributed by atoms with E-state index in [4.69, 9.17) is 0 Å². The lowest BCUT2D eigenvalue weighted by Crippen LogP contribution is -2.19. The molecule has 4 atom stereocenters. The van der Waals surface area contributed by atoms with Gasteiger partial charge in [0.2, 0.25) is 0 Å². The van der Waals surface area contributed by atoms with E-state index in [1.165, 1.54) is 0 Å². The van der Waals surface area contributed by atoms with Gasteiger partial charge in [0, 0.05) is 23.8 Å². The molecule has 31 heavy (non-hydrogen) atoms. The Balaban J connectivity index is 1.63. The van der Waals surface area contributed by atoms with Crippen LogP contribution in [-0.2, 0) is 11.2 Å². The molecular formula is C27H34O4. The molecule has 2 aromatic carbocycles. The molecule has 0 aromatic heterocycles. The number of aldehydes is 1. The second-order valence-electron chi connectivity index (χ2n) is 8.80. The number of aryl methyl sites for hydroxylation is 1. The van der Waals surface area contributed by atoms with Crippen molar-refractivity contribution in [3.05, 3.63) is 70.8 Å². The van der Waals surface area contributed by atoms with E-state index in [2.05, 4.69) is 6.92 Å². The molecule has 1 fully saturated rings. The number of benzene rings is 2. The van der Waals surface area contributed by atoms with Crippen molar-refractivity contribution in [2.45, 2.75) is 76.4 Å². The standard InChI is InChI=1S/C27H34O4/c1-2-3-4-11-24(29)21-12-14-22(15-13-21)27-23(25(30)17-26(27)31)10-6-8-19-7-5-9-20(16-19)18-28/h5,7,9,12-16,18,23-24,26-27,29,31H,2-4,6,8,10-11,17H2,1H3/t23-,24?,26+,27?/m0/s1. The fraction of sp³-hybridized carbons (Fsp3) is 0.481. The largest absolute Gasteiger partial charge is 0.392 e. The van der Waals surface area contributed by atoms with E-state index in [0.717, 1.165) is 61.5 Å². The number of hydrogen-bond donors (Lipinski definition) is 2. The van der Waals surface area contributed by atoms with Crippen molar-refractivity contribution in [1.82, 2.24) is 0 Å². The SMILES string of the molecule is CCCCCC(O)c1ccc(C2[C@H](O)CC(=O)[C@@H]2CCCc2cccc(C=O)c2)cc1. The second kappa shape index (κ2) is 11.4. The molecule has 4 heteroatoms. The molecule has 2 unspecified atom stereocenters. The number of carbonyl (C=O) groups is 2. The molecule has 166 valence electrons. The van der Waals surface area contributed by atoms with Crippen molar-refractivity contribution in [3.8, 4) is 0 Å². The molecule has 3 rings (SSSR count). The van der Waals surface area contributed by atoms with Gasteiger partial charge >= 0.3 is 0 Å². The van der Waals surface area contributed by atoms with E-state index in [-0.39, 0.29) is 24.0 Å². The number of aliphatic hydroxyl groups excluding tert-OH is 2. The average molecular weight is 423 g/mol. The number of hydrogen-bond acceptors (Lipinski definition) is 4. The second-order valence-corrected chi connectivity index (χ2v) is 8.80. The molecule has 1 aliphatic rings. The summed E-state index contributed by atoms with van der Waals surface area (Å²) in [5, 5.41) is 21.0. The monoisotopic (exact) mass is 422 g/mol. The maximum Gasteiger partial charge on any atom is 0.150 e. The number of aliphatic hydroxyl groups is 2. The number of Topliss-reactive ketones (excluding diaryl/α,β-unsaturated/α-hetero) is 1. The van der Waals surface area contributed by atoms with Gasteiger partial charge in [0.15, 0.2) is 0 Å². The van der Waals surface area contributed by atoms with Gasteiger partial charge in [-0.1, -0.05) is 68.7 Å². The van der Waals surface area contributed by atoms with Gasteiger partial charge in [-0.05, 0) is 48.4 Å². The number of carbonyl (C=O) groups excluding carboxylic acids is 2. The van der Waals surface area contributed by atoms with Crippen LogP contribution in [0, 0.1) is 5.92 Å². The van der Waals surface area contributed by atoms with Gasteiger partial charge in [0.25, 0.3) is 0 Å². The molecule has 0 spiro atoms. The maximum absolute atomic E-state index is 12.6. The van der Waals surface area contributed by atoms with E-state index >= 15 is 0 Å². The predicted molar refractivity (Wildman–Crippen MR) is 122 cm³/mol. The van der Waals surface area contributed by atoms with Crippen LogP contribution in [0.1, 0.15) is 90.9 Å². The summed E-state index contributed by atoms with van der Waals surface area (Å²) in [6.07, 6.45) is 6.29. The quantitative estimate of drug-likeness (QED) is 0.387. The Bertz CT molecular complexity index is 858. The Labute approximate surface area is 185 Å². The van der Waals surface area contributed by atoms with E-state index in [1.807, 2.05) is 42.5 Å². The minimum absolute atomic E-state index is 0.128. The van der Waals surface area contributed by atoms with Gasteiger partial charge in [-0.15, -0.1) is 0 Å². The van der Waals surface area contributed by atoms with E-state index in [9.17, 15) is 19.8 Å². The fourth-order valence-electron chi connectivity index (χ4n) is 4.79. The van der Waals surface area contributed by atoms with E-state index < -0.39 is 12.2 Å². The van der Waals surface area contributed by atoms with Crippen molar-refractivity contribution in [3.63, 3.8) is 0 Å². The molecular weight excluding hydrogens is 388 g/mol. The highest BCUT2D eigenvalue weighted by molar-refractivity contribution is 5.85. The van der Waals surface area contributed by atoms with Crippen LogP contribution in [0.2, 0.25) is 0 Å². The molecule has 1 aliphatic carbocycles. The molecule has 0 heterocycles. The predicted octanol–water partition coefficient (Wildman–Crippen LogP) is 5.17. The first-order valence-corrected chi connectivity index (χ1v) is 11.6. The van der Waals surface area contributed by atoms with Gasteiger partial charge in [-0.2, -0.15) is 0 Å². The minimum Gasteiger partial charge on any atom is -0.392 e. The smallest absolute Gasteiger partial charge is 0.150 e. The van der Waals surface area contributed by atoms with Gasteiger partial charge < -0.3 is 10.2 Å². The van der Waals surface area contributed by atoms with Gasteiger partial charge in [0.1, 0.15) is 12.1 Å².